The van der Waals surface area contributed by atoms with Gasteiger partial charge in [-0.05, 0) is 55.4 Å². The summed E-state index contributed by atoms with van der Waals surface area (Å²) >= 11 is 11.6. The van der Waals surface area contributed by atoms with Crippen molar-refractivity contribution in [1.29, 1.82) is 0 Å². The highest BCUT2D eigenvalue weighted by Crippen LogP contribution is 2.34. The van der Waals surface area contributed by atoms with Crippen LogP contribution in [0.3, 0.4) is 0 Å². The first-order valence-corrected chi connectivity index (χ1v) is 9.10. The number of alkyl halides is 3. The minimum Gasteiger partial charge on any atom is -0.467 e. The molecule has 26 heavy (non-hydrogen) atoms. The van der Waals surface area contributed by atoms with Crippen LogP contribution in [0.1, 0.15) is 37.0 Å². The number of halogens is 4. The van der Waals surface area contributed by atoms with Crippen LogP contribution >= 0.6 is 23.8 Å². The number of hydrogen-bond acceptors (Lipinski definition) is 2. The summed E-state index contributed by atoms with van der Waals surface area (Å²) in [5.41, 5.74) is -0.436. The van der Waals surface area contributed by atoms with E-state index in [4.69, 9.17) is 28.2 Å². The second kappa shape index (κ2) is 7.88. The zero-order chi connectivity index (χ0) is 18.7. The lowest BCUT2D eigenvalue weighted by Crippen LogP contribution is -2.40. The maximum Gasteiger partial charge on any atom is 0.416 e. The van der Waals surface area contributed by atoms with Gasteiger partial charge < -0.3 is 14.6 Å². The second-order valence-electron chi connectivity index (χ2n) is 6.27. The predicted molar refractivity (Wildman–Crippen MR) is 99.2 cm³/mol. The molecule has 8 heteroatoms. The molecule has 1 fully saturated rings. The van der Waals surface area contributed by atoms with E-state index in [1.807, 2.05) is 17.0 Å². The van der Waals surface area contributed by atoms with E-state index in [1.165, 1.54) is 6.07 Å². The van der Waals surface area contributed by atoms with Crippen molar-refractivity contribution in [1.82, 2.24) is 4.90 Å². The van der Waals surface area contributed by atoms with Crippen LogP contribution in [0.4, 0.5) is 18.9 Å². The summed E-state index contributed by atoms with van der Waals surface area (Å²) < 4.78 is 43.8. The van der Waals surface area contributed by atoms with E-state index in [9.17, 15) is 13.2 Å². The maximum atomic E-state index is 12.8. The monoisotopic (exact) mass is 402 g/mol. The van der Waals surface area contributed by atoms with Gasteiger partial charge in [-0.15, -0.1) is 0 Å². The molecule has 1 heterocycles. The number of thiocarbonyl (C=S) groups is 1. The summed E-state index contributed by atoms with van der Waals surface area (Å²) in [6.07, 6.45) is 1.46. The molecule has 1 aliphatic carbocycles. The third-order valence-electron chi connectivity index (χ3n) is 4.47. The number of hydrogen-bond donors (Lipinski definition) is 1. The molecule has 1 aromatic carbocycles. The highest BCUT2D eigenvalue weighted by Gasteiger charge is 2.31. The Bertz CT molecular complexity index is 758. The van der Waals surface area contributed by atoms with Crippen LogP contribution in [0.15, 0.2) is 41.0 Å². The van der Waals surface area contributed by atoms with E-state index >= 15 is 0 Å². The minimum atomic E-state index is -4.43. The number of benzene rings is 1. The fourth-order valence-electron chi connectivity index (χ4n) is 3.13. The molecule has 3 rings (SSSR count). The van der Waals surface area contributed by atoms with Gasteiger partial charge in [0.25, 0.3) is 0 Å². The summed E-state index contributed by atoms with van der Waals surface area (Å²) in [5.74, 6) is 0.777. The van der Waals surface area contributed by atoms with Crippen LogP contribution in [0.2, 0.25) is 5.02 Å². The van der Waals surface area contributed by atoms with Crippen molar-refractivity contribution in [2.45, 2.75) is 44.4 Å². The smallest absolute Gasteiger partial charge is 0.416 e. The summed E-state index contributed by atoms with van der Waals surface area (Å²) in [6.45, 7) is 0.502. The molecule has 2 aromatic rings. The topological polar surface area (TPSA) is 28.4 Å². The molecule has 140 valence electrons. The first-order valence-electron chi connectivity index (χ1n) is 8.31. The van der Waals surface area contributed by atoms with Crippen molar-refractivity contribution in [3.8, 4) is 0 Å². The van der Waals surface area contributed by atoms with Crippen LogP contribution in [0.25, 0.3) is 0 Å². The van der Waals surface area contributed by atoms with Gasteiger partial charge in [-0.1, -0.05) is 24.4 Å². The molecule has 1 N–H and O–H groups in total. The quantitative estimate of drug-likeness (QED) is 0.626. The van der Waals surface area contributed by atoms with Crippen LogP contribution in [0, 0.1) is 0 Å². The zero-order valence-corrected chi connectivity index (χ0v) is 15.4. The van der Waals surface area contributed by atoms with Crippen LogP contribution in [-0.4, -0.2) is 16.1 Å². The molecule has 0 spiro atoms. The summed E-state index contributed by atoms with van der Waals surface area (Å²) in [5, 5.41) is 3.40. The molecule has 0 saturated heterocycles. The van der Waals surface area contributed by atoms with Gasteiger partial charge in [-0.25, -0.2) is 0 Å². The van der Waals surface area contributed by atoms with E-state index in [1.54, 1.807) is 6.26 Å². The van der Waals surface area contributed by atoms with Gasteiger partial charge in [0.05, 0.1) is 29.1 Å². The average Bonchev–Trinajstić information content (AvgIpc) is 3.26. The molecule has 0 amide bonds. The molecule has 0 unspecified atom stereocenters. The first kappa shape index (κ1) is 19.0. The molecular formula is C18H18ClF3N2OS. The summed E-state index contributed by atoms with van der Waals surface area (Å²) in [4.78, 5) is 2.02. The van der Waals surface area contributed by atoms with Crippen molar-refractivity contribution < 1.29 is 17.6 Å². The Kier molecular flexibility index (Phi) is 5.77. The molecule has 1 aliphatic rings. The summed E-state index contributed by atoms with van der Waals surface area (Å²) in [6, 6.07) is 7.15. The van der Waals surface area contributed by atoms with E-state index in [-0.39, 0.29) is 11.1 Å². The van der Waals surface area contributed by atoms with E-state index in [0.29, 0.717) is 17.3 Å². The molecule has 1 saturated carbocycles. The number of furan rings is 1. The molecule has 0 atom stereocenters. The zero-order valence-electron chi connectivity index (χ0n) is 13.9. The highest BCUT2D eigenvalue weighted by atomic mass is 35.5. The Morgan fingerprint density at radius 3 is 2.58 bits per heavy atom. The normalized spacial score (nSPS) is 15.2. The third-order valence-corrected chi connectivity index (χ3v) is 5.12. The van der Waals surface area contributed by atoms with Gasteiger partial charge in [0, 0.05) is 6.04 Å². The largest absolute Gasteiger partial charge is 0.467 e. The van der Waals surface area contributed by atoms with Crippen LogP contribution in [-0.2, 0) is 12.7 Å². The number of nitrogens with one attached hydrogen (secondary N) is 1. The Labute approximate surface area is 160 Å². The lowest BCUT2D eigenvalue weighted by molar-refractivity contribution is -0.137. The molecular weight excluding hydrogens is 385 g/mol. The first-order chi connectivity index (χ1) is 12.3. The van der Waals surface area contributed by atoms with Gasteiger partial charge in [-0.3, -0.25) is 0 Å². The Morgan fingerprint density at radius 2 is 2.00 bits per heavy atom. The number of rotatable bonds is 4. The standard InChI is InChI=1S/C18H18ClF3N2OS/c19-15-10-12(18(20,21)22)7-8-16(15)23-17(26)24(13-4-1-2-5-13)11-14-6-3-9-25-14/h3,6-10,13H,1-2,4-5,11H2,(H,23,26). The minimum absolute atomic E-state index is 0.0217. The van der Waals surface area contributed by atoms with Crippen molar-refractivity contribution >= 4 is 34.6 Å². The lowest BCUT2D eigenvalue weighted by atomic mass is 10.2. The lowest BCUT2D eigenvalue weighted by Gasteiger charge is -2.31. The Hall–Kier alpha value is -1.73. The highest BCUT2D eigenvalue weighted by molar-refractivity contribution is 7.80. The SMILES string of the molecule is FC(F)(F)c1ccc(NC(=S)N(Cc2ccco2)C2CCCC2)c(Cl)c1. The van der Waals surface area contributed by atoms with Crippen molar-refractivity contribution in [2.75, 3.05) is 5.32 Å². The van der Waals surface area contributed by atoms with E-state index in [2.05, 4.69) is 5.32 Å². The van der Waals surface area contributed by atoms with E-state index in [0.717, 1.165) is 43.6 Å². The third kappa shape index (κ3) is 4.51. The fraction of sp³-hybridized carbons (Fsp3) is 0.389. The molecule has 0 radical (unpaired) electrons. The average molecular weight is 403 g/mol. The Morgan fingerprint density at radius 1 is 1.27 bits per heavy atom. The fourth-order valence-corrected chi connectivity index (χ4v) is 3.68. The van der Waals surface area contributed by atoms with Gasteiger partial charge in [0.15, 0.2) is 5.11 Å². The maximum absolute atomic E-state index is 12.8. The predicted octanol–water partition coefficient (Wildman–Crippen LogP) is 6.09. The summed E-state index contributed by atoms with van der Waals surface area (Å²) in [7, 11) is 0. The second-order valence-corrected chi connectivity index (χ2v) is 7.06. The van der Waals surface area contributed by atoms with Crippen molar-refractivity contribution in [2.24, 2.45) is 0 Å². The van der Waals surface area contributed by atoms with Gasteiger partial charge in [-0.2, -0.15) is 13.2 Å². The van der Waals surface area contributed by atoms with Gasteiger partial charge in [0.2, 0.25) is 0 Å². The number of anilines is 1. The van der Waals surface area contributed by atoms with Crippen LogP contribution < -0.4 is 5.32 Å². The molecule has 0 aliphatic heterocycles. The molecule has 1 aromatic heterocycles. The van der Waals surface area contributed by atoms with Crippen molar-refractivity contribution in [3.63, 3.8) is 0 Å². The van der Waals surface area contributed by atoms with E-state index < -0.39 is 11.7 Å². The van der Waals surface area contributed by atoms with Crippen molar-refractivity contribution in [3.05, 3.63) is 52.9 Å². The number of nitrogens with zero attached hydrogens (tertiary/aromatic N) is 1. The molecule has 0 bridgehead atoms. The van der Waals surface area contributed by atoms with Gasteiger partial charge >= 0.3 is 6.18 Å². The van der Waals surface area contributed by atoms with Gasteiger partial charge in [0.1, 0.15) is 5.76 Å². The Balaban J connectivity index is 1.77. The molecule has 3 nitrogen and oxygen atoms in total. The van der Waals surface area contributed by atoms with Crippen LogP contribution in [0.5, 0.6) is 0 Å².